The summed E-state index contributed by atoms with van der Waals surface area (Å²) in [5.74, 6) is 0. The lowest BCUT2D eigenvalue weighted by atomic mass is 10.1. The normalized spacial score (nSPS) is 13.3. The molecule has 1 heterocycles. The monoisotopic (exact) mass is 319 g/mol. The molecule has 1 aliphatic rings. The van der Waals surface area contributed by atoms with E-state index in [-0.39, 0.29) is 5.60 Å². The van der Waals surface area contributed by atoms with E-state index in [1.165, 1.54) is 16.8 Å². The molecule has 3 rings (SSSR count). The summed E-state index contributed by atoms with van der Waals surface area (Å²) >= 11 is 0. The minimum Gasteiger partial charge on any atom is -0.367 e. The molecular weight excluding hydrogens is 294 g/mol. The number of ether oxygens (including phenoxy) is 1. The molecule has 2 nitrogen and oxygen atoms in total. The van der Waals surface area contributed by atoms with Gasteiger partial charge in [-0.1, -0.05) is 48.5 Å². The molecule has 1 aliphatic heterocycles. The fraction of sp³-hybridized carbons (Fsp3) is 0.318. The molecule has 0 aromatic heterocycles. The molecule has 0 amide bonds. The van der Waals surface area contributed by atoms with E-state index < -0.39 is 0 Å². The Bertz CT molecular complexity index is 727. The quantitative estimate of drug-likeness (QED) is 0.712. The zero-order valence-electron chi connectivity index (χ0n) is 14.5. The molecule has 0 radical (unpaired) electrons. The molecule has 2 aromatic rings. The fourth-order valence-corrected chi connectivity index (χ4v) is 2.90. The van der Waals surface area contributed by atoms with Crippen molar-refractivity contribution in [3.05, 3.63) is 83.6 Å². The minimum atomic E-state index is -0.324. The van der Waals surface area contributed by atoms with Crippen LogP contribution in [-0.4, -0.2) is 18.7 Å². The Morgan fingerprint density at radius 3 is 2.67 bits per heavy atom. The fourth-order valence-electron chi connectivity index (χ4n) is 2.90. The van der Waals surface area contributed by atoms with Crippen LogP contribution in [0.3, 0.4) is 0 Å². The summed E-state index contributed by atoms with van der Waals surface area (Å²) in [5.41, 5.74) is 6.97. The van der Waals surface area contributed by atoms with E-state index in [1.54, 1.807) is 0 Å². The van der Waals surface area contributed by atoms with Crippen LogP contribution < -0.4 is 4.90 Å². The Balaban J connectivity index is 1.54. The van der Waals surface area contributed by atoms with Gasteiger partial charge in [-0.15, -0.1) is 5.73 Å². The van der Waals surface area contributed by atoms with Gasteiger partial charge in [0, 0.05) is 18.8 Å². The summed E-state index contributed by atoms with van der Waals surface area (Å²) in [6.45, 7) is 6.74. The van der Waals surface area contributed by atoms with Gasteiger partial charge in [-0.05, 0) is 49.6 Å². The standard InChI is InChI=1S/C22H25NO/c1-22(2,24-18-19-10-4-3-5-11-19)15-8-9-16-23-17-14-20-12-6-7-13-21(20)23/h3-7,9-13,15H,14,16-18H2,1-2H3. The molecule has 0 aliphatic carbocycles. The van der Waals surface area contributed by atoms with Gasteiger partial charge in [0.1, 0.15) is 0 Å². The van der Waals surface area contributed by atoms with E-state index in [0.717, 1.165) is 19.5 Å². The van der Waals surface area contributed by atoms with Gasteiger partial charge in [0.15, 0.2) is 0 Å². The number of hydrogen-bond acceptors (Lipinski definition) is 2. The van der Waals surface area contributed by atoms with Gasteiger partial charge in [0.2, 0.25) is 0 Å². The van der Waals surface area contributed by atoms with E-state index >= 15 is 0 Å². The van der Waals surface area contributed by atoms with Crippen molar-refractivity contribution in [3.63, 3.8) is 0 Å². The van der Waals surface area contributed by atoms with E-state index in [2.05, 4.69) is 67.0 Å². The second-order valence-electron chi connectivity index (χ2n) is 6.72. The number of anilines is 1. The molecule has 0 saturated carbocycles. The van der Waals surface area contributed by atoms with Gasteiger partial charge < -0.3 is 9.64 Å². The third-order valence-corrected chi connectivity index (χ3v) is 4.30. The average molecular weight is 319 g/mol. The number of benzene rings is 2. The van der Waals surface area contributed by atoms with Crippen LogP contribution in [0.1, 0.15) is 25.0 Å². The van der Waals surface area contributed by atoms with Gasteiger partial charge in [-0.25, -0.2) is 0 Å². The lowest BCUT2D eigenvalue weighted by molar-refractivity contribution is 0.00726. The van der Waals surface area contributed by atoms with Gasteiger partial charge in [-0.3, -0.25) is 0 Å². The number of para-hydroxylation sites is 1. The topological polar surface area (TPSA) is 12.5 Å². The third-order valence-electron chi connectivity index (χ3n) is 4.30. The molecular formula is C22H25NO. The van der Waals surface area contributed by atoms with Crippen molar-refractivity contribution in [3.8, 4) is 0 Å². The molecule has 2 heteroatoms. The Hall–Kier alpha value is -2.28. The van der Waals surface area contributed by atoms with Gasteiger partial charge in [-0.2, -0.15) is 0 Å². The van der Waals surface area contributed by atoms with Crippen molar-refractivity contribution >= 4 is 5.69 Å². The van der Waals surface area contributed by atoms with Crippen molar-refractivity contribution in [2.45, 2.75) is 32.5 Å². The predicted octanol–water partition coefficient (Wildman–Crippen LogP) is 4.76. The van der Waals surface area contributed by atoms with Crippen LogP contribution in [0.15, 0.2) is 72.5 Å². The highest BCUT2D eigenvalue weighted by molar-refractivity contribution is 5.58. The van der Waals surface area contributed by atoms with Crippen molar-refractivity contribution < 1.29 is 4.74 Å². The summed E-state index contributed by atoms with van der Waals surface area (Å²) in [7, 11) is 0. The second-order valence-corrected chi connectivity index (χ2v) is 6.72. The van der Waals surface area contributed by atoms with Crippen LogP contribution in [0.4, 0.5) is 5.69 Å². The summed E-state index contributed by atoms with van der Waals surface area (Å²) < 4.78 is 5.99. The van der Waals surface area contributed by atoms with E-state index in [4.69, 9.17) is 4.74 Å². The van der Waals surface area contributed by atoms with Gasteiger partial charge >= 0.3 is 0 Å². The van der Waals surface area contributed by atoms with Gasteiger partial charge in [0.25, 0.3) is 0 Å². The summed E-state index contributed by atoms with van der Waals surface area (Å²) in [6.07, 6.45) is 5.24. The maximum absolute atomic E-state index is 5.99. The third kappa shape index (κ3) is 4.38. The largest absolute Gasteiger partial charge is 0.367 e. The van der Waals surface area contributed by atoms with Gasteiger partial charge in [0.05, 0.1) is 12.2 Å². The van der Waals surface area contributed by atoms with E-state index in [9.17, 15) is 0 Å². The van der Waals surface area contributed by atoms with Crippen molar-refractivity contribution in [2.24, 2.45) is 0 Å². The Labute approximate surface area is 145 Å². The molecule has 0 spiro atoms. The summed E-state index contributed by atoms with van der Waals surface area (Å²) in [4.78, 5) is 2.40. The predicted molar refractivity (Wildman–Crippen MR) is 100 cm³/mol. The van der Waals surface area contributed by atoms with Crippen LogP contribution in [0.5, 0.6) is 0 Å². The lowest BCUT2D eigenvalue weighted by Gasteiger charge is -2.20. The maximum atomic E-state index is 5.99. The highest BCUT2D eigenvalue weighted by Crippen LogP contribution is 2.26. The maximum Gasteiger partial charge on any atom is 0.0884 e. The molecule has 24 heavy (non-hydrogen) atoms. The Morgan fingerprint density at radius 1 is 1.08 bits per heavy atom. The van der Waals surface area contributed by atoms with Crippen LogP contribution >= 0.6 is 0 Å². The van der Waals surface area contributed by atoms with Crippen molar-refractivity contribution in [1.82, 2.24) is 0 Å². The number of nitrogens with zero attached hydrogens (tertiary/aromatic N) is 1. The number of fused-ring (bicyclic) bond motifs is 1. The van der Waals surface area contributed by atoms with Crippen LogP contribution in [-0.2, 0) is 17.8 Å². The smallest absolute Gasteiger partial charge is 0.0884 e. The van der Waals surface area contributed by atoms with Crippen LogP contribution in [0, 0.1) is 0 Å². The first-order chi connectivity index (χ1) is 11.6. The first-order valence-electron chi connectivity index (χ1n) is 8.57. The minimum absolute atomic E-state index is 0.324. The molecule has 0 saturated heterocycles. The number of rotatable bonds is 6. The first kappa shape index (κ1) is 16.6. The molecule has 0 bridgehead atoms. The average Bonchev–Trinajstić information content (AvgIpc) is 3.01. The zero-order valence-corrected chi connectivity index (χ0v) is 14.5. The van der Waals surface area contributed by atoms with Crippen LogP contribution in [0.25, 0.3) is 0 Å². The van der Waals surface area contributed by atoms with Crippen molar-refractivity contribution in [1.29, 1.82) is 0 Å². The number of hydrogen-bond donors (Lipinski definition) is 0. The highest BCUT2D eigenvalue weighted by Gasteiger charge is 2.17. The molecule has 0 N–H and O–H groups in total. The SMILES string of the molecule is CC(C)(C=C=CCN1CCc2ccccc21)OCc1ccccc1. The molecule has 0 unspecified atom stereocenters. The van der Waals surface area contributed by atoms with E-state index in [0.29, 0.717) is 6.61 Å². The lowest BCUT2D eigenvalue weighted by Crippen LogP contribution is -2.21. The van der Waals surface area contributed by atoms with Crippen molar-refractivity contribution in [2.75, 3.05) is 18.0 Å². The first-order valence-corrected chi connectivity index (χ1v) is 8.57. The van der Waals surface area contributed by atoms with E-state index in [1.807, 2.05) is 24.3 Å². The summed E-state index contributed by atoms with van der Waals surface area (Å²) in [6, 6.07) is 18.9. The molecule has 0 fully saturated rings. The highest BCUT2D eigenvalue weighted by atomic mass is 16.5. The summed E-state index contributed by atoms with van der Waals surface area (Å²) in [5, 5.41) is 0. The molecule has 124 valence electrons. The molecule has 2 aromatic carbocycles. The zero-order chi connectivity index (χ0) is 16.8. The second kappa shape index (κ2) is 7.53. The molecule has 0 atom stereocenters. The Morgan fingerprint density at radius 2 is 1.83 bits per heavy atom. The van der Waals surface area contributed by atoms with Crippen LogP contribution in [0.2, 0.25) is 0 Å². The Kier molecular flexibility index (Phi) is 5.20.